The van der Waals surface area contributed by atoms with Crippen LogP contribution < -0.4 is 10.2 Å². The lowest BCUT2D eigenvalue weighted by Gasteiger charge is -2.29. The summed E-state index contributed by atoms with van der Waals surface area (Å²) in [6.07, 6.45) is 1.46. The molecular formula is C19H14Br2N2O3S. The maximum atomic E-state index is 13.0. The molecule has 5 nitrogen and oxygen atoms in total. The summed E-state index contributed by atoms with van der Waals surface area (Å²) < 4.78 is 0.878. The Hall–Kier alpha value is -2.03. The Kier molecular flexibility index (Phi) is 5.50. The number of aromatic hydroxyl groups is 1. The van der Waals surface area contributed by atoms with Crippen LogP contribution >= 0.6 is 44.1 Å². The average Bonchev–Trinajstić information content (AvgIpc) is 2.59. The highest BCUT2D eigenvalue weighted by Crippen LogP contribution is 2.34. The highest BCUT2D eigenvalue weighted by Gasteiger charge is 2.34. The van der Waals surface area contributed by atoms with Gasteiger partial charge >= 0.3 is 0 Å². The number of nitrogens with one attached hydrogen (secondary N) is 1. The fourth-order valence-electron chi connectivity index (χ4n) is 2.59. The van der Waals surface area contributed by atoms with E-state index in [4.69, 9.17) is 12.2 Å². The molecule has 0 aliphatic carbocycles. The van der Waals surface area contributed by atoms with Gasteiger partial charge in [0.1, 0.15) is 11.3 Å². The number of halogens is 2. The molecule has 1 saturated heterocycles. The highest BCUT2D eigenvalue weighted by atomic mass is 79.9. The third-order valence-corrected chi connectivity index (χ3v) is 5.69. The molecule has 2 aromatic carbocycles. The van der Waals surface area contributed by atoms with E-state index in [1.807, 2.05) is 26.0 Å². The molecule has 2 aromatic rings. The first-order valence-electron chi connectivity index (χ1n) is 7.85. The van der Waals surface area contributed by atoms with Crippen molar-refractivity contribution in [2.75, 3.05) is 4.90 Å². The summed E-state index contributed by atoms with van der Waals surface area (Å²) in [6, 6.07) is 8.76. The summed E-state index contributed by atoms with van der Waals surface area (Å²) in [5.41, 5.74) is 3.21. The van der Waals surface area contributed by atoms with Crippen molar-refractivity contribution in [1.29, 1.82) is 0 Å². The number of amides is 2. The number of phenolic OH excluding ortho intramolecular Hbond substituents is 1. The lowest BCUT2D eigenvalue weighted by molar-refractivity contribution is -0.122. The number of thiocarbonyl (C=S) groups is 1. The first-order chi connectivity index (χ1) is 12.7. The molecule has 1 aliphatic rings. The second kappa shape index (κ2) is 7.53. The molecular weight excluding hydrogens is 496 g/mol. The van der Waals surface area contributed by atoms with Gasteiger partial charge in [-0.3, -0.25) is 19.8 Å². The van der Waals surface area contributed by atoms with Gasteiger partial charge in [-0.1, -0.05) is 6.07 Å². The molecule has 0 aromatic heterocycles. The second-order valence-electron chi connectivity index (χ2n) is 6.06. The van der Waals surface area contributed by atoms with E-state index in [0.717, 1.165) is 11.1 Å². The van der Waals surface area contributed by atoms with Crippen LogP contribution in [0, 0.1) is 13.8 Å². The monoisotopic (exact) mass is 508 g/mol. The largest absolute Gasteiger partial charge is 0.506 e. The van der Waals surface area contributed by atoms with Gasteiger partial charge in [0.25, 0.3) is 11.8 Å². The van der Waals surface area contributed by atoms with Crippen LogP contribution in [0.15, 0.2) is 44.9 Å². The lowest BCUT2D eigenvalue weighted by Crippen LogP contribution is -2.54. The van der Waals surface area contributed by atoms with Gasteiger partial charge in [-0.15, -0.1) is 0 Å². The van der Waals surface area contributed by atoms with Gasteiger partial charge in [0.05, 0.1) is 14.6 Å². The fourth-order valence-corrected chi connectivity index (χ4v) is 4.09. The van der Waals surface area contributed by atoms with Gasteiger partial charge in [0.2, 0.25) is 0 Å². The van der Waals surface area contributed by atoms with Crippen molar-refractivity contribution in [1.82, 2.24) is 5.32 Å². The molecule has 27 heavy (non-hydrogen) atoms. The van der Waals surface area contributed by atoms with Crippen LogP contribution in [-0.2, 0) is 9.59 Å². The van der Waals surface area contributed by atoms with Crippen LogP contribution in [-0.4, -0.2) is 22.0 Å². The van der Waals surface area contributed by atoms with Gasteiger partial charge in [-0.25, -0.2) is 0 Å². The summed E-state index contributed by atoms with van der Waals surface area (Å²) in [5, 5.41) is 12.4. The Morgan fingerprint density at radius 2 is 1.70 bits per heavy atom. The number of hydrogen-bond acceptors (Lipinski definition) is 4. The molecule has 1 aliphatic heterocycles. The van der Waals surface area contributed by atoms with Crippen molar-refractivity contribution in [2.45, 2.75) is 13.8 Å². The zero-order valence-electron chi connectivity index (χ0n) is 14.3. The van der Waals surface area contributed by atoms with Crippen molar-refractivity contribution in [3.05, 3.63) is 61.5 Å². The number of hydrogen-bond donors (Lipinski definition) is 2. The molecule has 0 atom stereocenters. The zero-order chi connectivity index (χ0) is 19.9. The van der Waals surface area contributed by atoms with Gasteiger partial charge in [0.15, 0.2) is 5.11 Å². The zero-order valence-corrected chi connectivity index (χ0v) is 18.3. The minimum atomic E-state index is -0.564. The highest BCUT2D eigenvalue weighted by molar-refractivity contribution is 9.11. The van der Waals surface area contributed by atoms with Gasteiger partial charge in [0, 0.05) is 0 Å². The van der Waals surface area contributed by atoms with E-state index in [1.54, 1.807) is 18.2 Å². The maximum absolute atomic E-state index is 13.0. The molecule has 2 amide bonds. The summed E-state index contributed by atoms with van der Waals surface area (Å²) >= 11 is 11.7. The number of carbonyl (C=O) groups excluding carboxylic acids is 2. The Bertz CT molecular complexity index is 1010. The number of anilines is 1. The van der Waals surface area contributed by atoms with Crippen molar-refractivity contribution in [3.8, 4) is 5.75 Å². The number of phenols is 1. The summed E-state index contributed by atoms with van der Waals surface area (Å²) in [7, 11) is 0. The van der Waals surface area contributed by atoms with E-state index in [1.165, 1.54) is 11.0 Å². The normalized spacial score (nSPS) is 16.1. The van der Waals surface area contributed by atoms with Crippen molar-refractivity contribution < 1.29 is 14.7 Å². The van der Waals surface area contributed by atoms with Crippen LogP contribution in [0.3, 0.4) is 0 Å². The molecule has 0 saturated carbocycles. The molecule has 1 fully saturated rings. The summed E-state index contributed by atoms with van der Waals surface area (Å²) in [6.45, 7) is 3.92. The van der Waals surface area contributed by atoms with Crippen LogP contribution in [0.25, 0.3) is 6.08 Å². The molecule has 3 rings (SSSR count). The molecule has 138 valence electrons. The molecule has 0 unspecified atom stereocenters. The van der Waals surface area contributed by atoms with E-state index < -0.39 is 11.8 Å². The van der Waals surface area contributed by atoms with E-state index in [-0.39, 0.29) is 16.4 Å². The Morgan fingerprint density at radius 1 is 1.07 bits per heavy atom. The van der Waals surface area contributed by atoms with E-state index in [0.29, 0.717) is 20.2 Å². The maximum Gasteiger partial charge on any atom is 0.270 e. The van der Waals surface area contributed by atoms with Crippen LogP contribution in [0.4, 0.5) is 5.69 Å². The predicted molar refractivity (Wildman–Crippen MR) is 116 cm³/mol. The molecule has 0 bridgehead atoms. The number of rotatable bonds is 2. The SMILES string of the molecule is Cc1ccc(N2C(=O)C(=Cc3cc(Br)c(O)c(Br)c3)C(=O)NC2=S)cc1C. The predicted octanol–water partition coefficient (Wildman–Crippen LogP) is 4.37. The lowest BCUT2D eigenvalue weighted by atomic mass is 10.1. The van der Waals surface area contributed by atoms with E-state index >= 15 is 0 Å². The van der Waals surface area contributed by atoms with Gasteiger partial charge < -0.3 is 5.11 Å². The molecule has 0 spiro atoms. The van der Waals surface area contributed by atoms with Crippen LogP contribution in [0.2, 0.25) is 0 Å². The molecule has 2 N–H and O–H groups in total. The smallest absolute Gasteiger partial charge is 0.270 e. The van der Waals surface area contributed by atoms with E-state index in [9.17, 15) is 14.7 Å². The first-order valence-corrected chi connectivity index (χ1v) is 9.85. The Morgan fingerprint density at radius 3 is 2.30 bits per heavy atom. The Balaban J connectivity index is 2.06. The number of nitrogens with zero attached hydrogens (tertiary/aromatic N) is 1. The third-order valence-electron chi connectivity index (χ3n) is 4.20. The van der Waals surface area contributed by atoms with Crippen LogP contribution in [0.5, 0.6) is 5.75 Å². The summed E-state index contributed by atoms with van der Waals surface area (Å²) in [5.74, 6) is -1.03. The first kappa shape index (κ1) is 19.7. The third kappa shape index (κ3) is 3.83. The molecule has 0 radical (unpaired) electrons. The quantitative estimate of drug-likeness (QED) is 0.358. The van der Waals surface area contributed by atoms with Crippen molar-refractivity contribution >= 4 is 72.8 Å². The molecule has 1 heterocycles. The minimum absolute atomic E-state index is 0.0366. The summed E-state index contributed by atoms with van der Waals surface area (Å²) in [4.78, 5) is 26.7. The topological polar surface area (TPSA) is 69.6 Å². The van der Waals surface area contributed by atoms with Crippen molar-refractivity contribution in [2.24, 2.45) is 0 Å². The Labute approximate surface area is 178 Å². The molecule has 8 heteroatoms. The standard InChI is InChI=1S/C19H14Br2N2O3S/c1-9-3-4-12(5-10(9)2)23-18(26)13(17(25)22-19(23)27)6-11-7-14(20)16(24)15(21)8-11/h3-8,24H,1-2H3,(H,22,25,27). The number of carbonyl (C=O) groups is 2. The van der Waals surface area contributed by atoms with Gasteiger partial charge in [-0.05, 0) is 105 Å². The average molecular weight is 510 g/mol. The van der Waals surface area contributed by atoms with Gasteiger partial charge in [-0.2, -0.15) is 0 Å². The number of benzene rings is 2. The minimum Gasteiger partial charge on any atom is -0.506 e. The van der Waals surface area contributed by atoms with Crippen molar-refractivity contribution in [3.63, 3.8) is 0 Å². The van der Waals surface area contributed by atoms with E-state index in [2.05, 4.69) is 37.2 Å². The second-order valence-corrected chi connectivity index (χ2v) is 8.15. The fraction of sp³-hybridized carbons (Fsp3) is 0.105. The van der Waals surface area contributed by atoms with Crippen LogP contribution in [0.1, 0.15) is 16.7 Å². The number of aryl methyl sites for hydroxylation is 2.